The molecule has 0 spiro atoms. The number of anilines is 1. The van der Waals surface area contributed by atoms with Gasteiger partial charge in [0, 0.05) is 42.5 Å². The number of nitriles is 1. The first-order valence-electron chi connectivity index (χ1n) is 8.07. The molecule has 0 bridgehead atoms. The second-order valence-corrected chi connectivity index (χ2v) is 6.44. The molecular weight excluding hydrogens is 318 g/mol. The summed E-state index contributed by atoms with van der Waals surface area (Å²) < 4.78 is 0. The lowest BCUT2D eigenvalue weighted by molar-refractivity contribution is 0.313. The first-order valence-corrected chi connectivity index (χ1v) is 8.45. The molecule has 122 valence electrons. The van der Waals surface area contributed by atoms with Crippen LogP contribution in [0.4, 0.5) is 5.69 Å². The Bertz CT molecular complexity index is 766. The highest BCUT2D eigenvalue weighted by atomic mass is 35.5. The normalized spacial score (nSPS) is 16.0. The summed E-state index contributed by atoms with van der Waals surface area (Å²) in [6.45, 7) is 4.28. The zero-order valence-corrected chi connectivity index (χ0v) is 14.5. The number of piperazine rings is 1. The second kappa shape index (κ2) is 7.53. The van der Waals surface area contributed by atoms with Gasteiger partial charge in [-0.05, 0) is 36.9 Å². The summed E-state index contributed by atoms with van der Waals surface area (Å²) in [6.07, 6.45) is 1.88. The minimum atomic E-state index is 0.577. The third-order valence-corrected chi connectivity index (χ3v) is 4.69. The Kier molecular flexibility index (Phi) is 5.20. The number of benzene rings is 2. The first-order chi connectivity index (χ1) is 11.7. The van der Waals surface area contributed by atoms with Crippen molar-refractivity contribution in [1.82, 2.24) is 4.90 Å². The molecule has 1 saturated heterocycles. The minimum Gasteiger partial charge on any atom is -0.369 e. The fourth-order valence-electron chi connectivity index (χ4n) is 2.86. The summed E-state index contributed by atoms with van der Waals surface area (Å²) >= 11 is 6.20. The summed E-state index contributed by atoms with van der Waals surface area (Å²) in [7, 11) is 2.16. The highest BCUT2D eigenvalue weighted by Gasteiger charge is 2.14. The van der Waals surface area contributed by atoms with Gasteiger partial charge in [-0.25, -0.2) is 0 Å². The van der Waals surface area contributed by atoms with E-state index in [0.717, 1.165) is 37.3 Å². The molecule has 4 heteroatoms. The van der Waals surface area contributed by atoms with Crippen LogP contribution in [0, 0.1) is 11.3 Å². The molecule has 0 aromatic heterocycles. The highest BCUT2D eigenvalue weighted by molar-refractivity contribution is 6.32. The van der Waals surface area contributed by atoms with Crippen molar-refractivity contribution in [3.8, 4) is 6.07 Å². The lowest BCUT2D eigenvalue weighted by Gasteiger charge is -2.34. The van der Waals surface area contributed by atoms with Crippen molar-refractivity contribution in [3.05, 3.63) is 64.7 Å². The molecule has 3 nitrogen and oxygen atoms in total. The van der Waals surface area contributed by atoms with Crippen LogP contribution >= 0.6 is 11.6 Å². The van der Waals surface area contributed by atoms with Gasteiger partial charge in [-0.15, -0.1) is 0 Å². The Morgan fingerprint density at radius 3 is 2.33 bits per heavy atom. The van der Waals surface area contributed by atoms with E-state index in [0.29, 0.717) is 10.6 Å². The maximum absolute atomic E-state index is 9.46. The van der Waals surface area contributed by atoms with Crippen molar-refractivity contribution in [2.45, 2.75) is 0 Å². The molecule has 0 amide bonds. The summed E-state index contributed by atoms with van der Waals surface area (Å²) in [5.41, 5.74) is 3.58. The topological polar surface area (TPSA) is 30.3 Å². The van der Waals surface area contributed by atoms with Crippen molar-refractivity contribution in [3.63, 3.8) is 0 Å². The number of hydrogen-bond donors (Lipinski definition) is 0. The molecule has 0 aliphatic carbocycles. The summed E-state index contributed by atoms with van der Waals surface area (Å²) in [5, 5.41) is 10.1. The Morgan fingerprint density at radius 1 is 1.04 bits per heavy atom. The van der Waals surface area contributed by atoms with E-state index in [1.165, 1.54) is 5.69 Å². The maximum Gasteiger partial charge on any atom is 0.0998 e. The molecule has 0 radical (unpaired) electrons. The van der Waals surface area contributed by atoms with E-state index in [1.807, 2.05) is 24.3 Å². The van der Waals surface area contributed by atoms with Gasteiger partial charge in [-0.1, -0.05) is 41.9 Å². The van der Waals surface area contributed by atoms with Crippen molar-refractivity contribution in [1.29, 1.82) is 5.26 Å². The van der Waals surface area contributed by atoms with E-state index < -0.39 is 0 Å². The van der Waals surface area contributed by atoms with Crippen LogP contribution in [-0.4, -0.2) is 38.1 Å². The maximum atomic E-state index is 9.46. The molecule has 0 saturated carbocycles. The average Bonchev–Trinajstić information content (AvgIpc) is 2.62. The van der Waals surface area contributed by atoms with Gasteiger partial charge in [-0.2, -0.15) is 5.26 Å². The fraction of sp³-hybridized carbons (Fsp3) is 0.250. The van der Waals surface area contributed by atoms with Crippen LogP contribution in [0.2, 0.25) is 5.02 Å². The van der Waals surface area contributed by atoms with Gasteiger partial charge >= 0.3 is 0 Å². The van der Waals surface area contributed by atoms with Gasteiger partial charge in [0.25, 0.3) is 0 Å². The molecule has 1 heterocycles. The van der Waals surface area contributed by atoms with E-state index in [-0.39, 0.29) is 0 Å². The van der Waals surface area contributed by atoms with Crippen LogP contribution in [0.3, 0.4) is 0 Å². The van der Waals surface area contributed by atoms with Crippen molar-refractivity contribution in [2.75, 3.05) is 38.1 Å². The van der Waals surface area contributed by atoms with Gasteiger partial charge < -0.3 is 9.80 Å². The second-order valence-electron chi connectivity index (χ2n) is 6.03. The Labute approximate surface area is 148 Å². The fourth-order valence-corrected chi connectivity index (χ4v) is 3.10. The van der Waals surface area contributed by atoms with E-state index in [1.54, 1.807) is 6.07 Å². The van der Waals surface area contributed by atoms with Crippen molar-refractivity contribution in [2.24, 2.45) is 0 Å². The van der Waals surface area contributed by atoms with Crippen LogP contribution in [-0.2, 0) is 0 Å². The van der Waals surface area contributed by atoms with Crippen LogP contribution < -0.4 is 4.90 Å². The molecule has 2 aromatic rings. The van der Waals surface area contributed by atoms with E-state index in [4.69, 9.17) is 11.6 Å². The molecule has 0 atom stereocenters. The molecule has 1 fully saturated rings. The largest absolute Gasteiger partial charge is 0.369 e. The van der Waals surface area contributed by atoms with Gasteiger partial charge in [0.15, 0.2) is 0 Å². The predicted molar refractivity (Wildman–Crippen MR) is 101 cm³/mol. The Balaban J connectivity index is 1.80. The van der Waals surface area contributed by atoms with E-state index in [9.17, 15) is 5.26 Å². The van der Waals surface area contributed by atoms with Crippen LogP contribution in [0.5, 0.6) is 0 Å². The van der Waals surface area contributed by atoms with Gasteiger partial charge in [0.1, 0.15) is 0 Å². The van der Waals surface area contributed by atoms with Crippen LogP contribution in [0.25, 0.3) is 11.6 Å². The van der Waals surface area contributed by atoms with E-state index in [2.05, 4.69) is 47.2 Å². The molecule has 24 heavy (non-hydrogen) atoms. The lowest BCUT2D eigenvalue weighted by Crippen LogP contribution is -2.44. The van der Waals surface area contributed by atoms with Crippen molar-refractivity contribution >= 4 is 28.9 Å². The predicted octanol–water partition coefficient (Wildman–Crippen LogP) is 4.16. The monoisotopic (exact) mass is 337 g/mol. The third-order valence-electron chi connectivity index (χ3n) is 4.36. The molecule has 1 aliphatic rings. The summed E-state index contributed by atoms with van der Waals surface area (Å²) in [4.78, 5) is 4.74. The SMILES string of the molecule is CN1CCN(c2ccc(/C=C(\C#N)c3ccccc3Cl)cc2)CC1. The Hall–Kier alpha value is -2.28. The molecule has 1 aliphatic heterocycles. The van der Waals surface area contributed by atoms with Gasteiger partial charge in [0.2, 0.25) is 0 Å². The molecule has 0 N–H and O–H groups in total. The number of hydrogen-bond acceptors (Lipinski definition) is 3. The number of nitrogens with zero attached hydrogens (tertiary/aromatic N) is 3. The standard InChI is InChI=1S/C20H20ClN3/c1-23-10-12-24(13-11-23)18-8-6-16(7-9-18)14-17(15-22)19-4-2-3-5-20(19)21/h2-9,14H,10-13H2,1H3/b17-14+. The molecule has 3 rings (SSSR count). The number of halogens is 1. The summed E-state index contributed by atoms with van der Waals surface area (Å²) in [5.74, 6) is 0. The Morgan fingerprint density at radius 2 is 1.71 bits per heavy atom. The highest BCUT2D eigenvalue weighted by Crippen LogP contribution is 2.26. The summed E-state index contributed by atoms with van der Waals surface area (Å²) in [6, 6.07) is 18.0. The van der Waals surface area contributed by atoms with Crippen LogP contribution in [0.1, 0.15) is 11.1 Å². The van der Waals surface area contributed by atoms with Gasteiger partial charge in [0.05, 0.1) is 11.6 Å². The molecular formula is C20H20ClN3. The number of likely N-dealkylation sites (N-methyl/N-ethyl adjacent to an activating group) is 1. The van der Waals surface area contributed by atoms with Gasteiger partial charge in [-0.3, -0.25) is 0 Å². The molecule has 0 unspecified atom stereocenters. The zero-order valence-electron chi connectivity index (χ0n) is 13.7. The van der Waals surface area contributed by atoms with Crippen molar-refractivity contribution < 1.29 is 0 Å². The smallest absolute Gasteiger partial charge is 0.0998 e. The number of rotatable bonds is 3. The quantitative estimate of drug-likeness (QED) is 0.622. The molecule has 2 aromatic carbocycles. The average molecular weight is 338 g/mol. The third kappa shape index (κ3) is 3.79. The number of allylic oxidation sites excluding steroid dienone is 1. The van der Waals surface area contributed by atoms with Crippen LogP contribution in [0.15, 0.2) is 48.5 Å². The lowest BCUT2D eigenvalue weighted by atomic mass is 10.0. The van der Waals surface area contributed by atoms with E-state index >= 15 is 0 Å². The first kappa shape index (κ1) is 16.6. The zero-order chi connectivity index (χ0) is 16.9. The minimum absolute atomic E-state index is 0.577.